The summed E-state index contributed by atoms with van der Waals surface area (Å²) in [5, 5.41) is 12.1. The summed E-state index contributed by atoms with van der Waals surface area (Å²) in [5.74, 6) is -1.33. The van der Waals surface area contributed by atoms with Crippen LogP contribution >= 0.6 is 0 Å². The molecule has 7 heteroatoms. The SMILES string of the molecule is O=C(O)CN(C(=O)[C@H]1CCC[C@@H](NC(=O)OCC2c3ccccc3-c3ccccc32)C1)C1CC1. The Morgan fingerprint density at radius 1 is 0.941 bits per heavy atom. The summed E-state index contributed by atoms with van der Waals surface area (Å²) in [4.78, 5) is 38.4. The lowest BCUT2D eigenvalue weighted by molar-refractivity contribution is -0.147. The Morgan fingerprint density at radius 2 is 1.59 bits per heavy atom. The number of aliphatic carboxylic acids is 1. The fraction of sp³-hybridized carbons (Fsp3) is 0.444. The first-order valence-electron chi connectivity index (χ1n) is 12.1. The zero-order valence-corrected chi connectivity index (χ0v) is 19.1. The van der Waals surface area contributed by atoms with Gasteiger partial charge in [0.25, 0.3) is 0 Å². The van der Waals surface area contributed by atoms with Crippen LogP contribution in [0.3, 0.4) is 0 Å². The third-order valence-corrected chi connectivity index (χ3v) is 7.27. The lowest BCUT2D eigenvalue weighted by atomic mass is 9.84. The van der Waals surface area contributed by atoms with Crippen molar-refractivity contribution in [2.45, 2.75) is 56.5 Å². The summed E-state index contributed by atoms with van der Waals surface area (Å²) in [5.41, 5.74) is 4.70. The largest absolute Gasteiger partial charge is 0.480 e. The number of fused-ring (bicyclic) bond motifs is 3. The third kappa shape index (κ3) is 4.65. The van der Waals surface area contributed by atoms with Gasteiger partial charge in [0.2, 0.25) is 5.91 Å². The molecule has 2 saturated carbocycles. The zero-order chi connectivity index (χ0) is 23.7. The summed E-state index contributed by atoms with van der Waals surface area (Å²) in [7, 11) is 0. The molecular formula is C27H30N2O5. The maximum atomic E-state index is 13.0. The maximum Gasteiger partial charge on any atom is 0.407 e. The Morgan fingerprint density at radius 3 is 2.21 bits per heavy atom. The molecule has 0 saturated heterocycles. The predicted octanol–water partition coefficient (Wildman–Crippen LogP) is 4.16. The molecule has 178 valence electrons. The van der Waals surface area contributed by atoms with Gasteiger partial charge in [-0.25, -0.2) is 4.79 Å². The van der Waals surface area contributed by atoms with Crippen LogP contribution in [0.15, 0.2) is 48.5 Å². The molecule has 0 unspecified atom stereocenters. The maximum absolute atomic E-state index is 13.0. The predicted molar refractivity (Wildman–Crippen MR) is 126 cm³/mol. The highest BCUT2D eigenvalue weighted by molar-refractivity contribution is 5.84. The van der Waals surface area contributed by atoms with E-state index in [1.165, 1.54) is 27.2 Å². The highest BCUT2D eigenvalue weighted by Gasteiger charge is 2.39. The number of carboxylic acids is 1. The van der Waals surface area contributed by atoms with Crippen LogP contribution in [0.1, 0.15) is 55.6 Å². The number of alkyl carbamates (subject to hydrolysis) is 1. The average Bonchev–Trinajstić information content (AvgIpc) is 3.63. The molecular weight excluding hydrogens is 432 g/mol. The van der Waals surface area contributed by atoms with Gasteiger partial charge in [-0.15, -0.1) is 0 Å². The molecule has 0 spiro atoms. The molecule has 5 rings (SSSR count). The van der Waals surface area contributed by atoms with Crippen molar-refractivity contribution in [3.63, 3.8) is 0 Å². The molecule has 3 aliphatic carbocycles. The van der Waals surface area contributed by atoms with Gasteiger partial charge in [-0.1, -0.05) is 55.0 Å². The summed E-state index contributed by atoms with van der Waals surface area (Å²) < 4.78 is 5.66. The Bertz CT molecular complexity index is 1050. The molecule has 0 aliphatic heterocycles. The van der Waals surface area contributed by atoms with Crippen molar-refractivity contribution in [1.82, 2.24) is 10.2 Å². The van der Waals surface area contributed by atoms with Gasteiger partial charge in [-0.2, -0.15) is 0 Å². The van der Waals surface area contributed by atoms with E-state index in [9.17, 15) is 19.5 Å². The van der Waals surface area contributed by atoms with Crippen molar-refractivity contribution >= 4 is 18.0 Å². The molecule has 3 aliphatic rings. The van der Waals surface area contributed by atoms with Crippen LogP contribution in [0, 0.1) is 5.92 Å². The van der Waals surface area contributed by atoms with E-state index in [4.69, 9.17) is 4.74 Å². The number of nitrogens with one attached hydrogen (secondary N) is 1. The van der Waals surface area contributed by atoms with Gasteiger partial charge in [-0.05, 0) is 54.4 Å². The van der Waals surface area contributed by atoms with Crippen molar-refractivity contribution in [2.75, 3.05) is 13.2 Å². The molecule has 2 aromatic rings. The lowest BCUT2D eigenvalue weighted by Gasteiger charge is -2.32. The van der Waals surface area contributed by atoms with Gasteiger partial charge in [0.15, 0.2) is 0 Å². The Labute approximate surface area is 199 Å². The lowest BCUT2D eigenvalue weighted by Crippen LogP contribution is -2.46. The van der Waals surface area contributed by atoms with Crippen molar-refractivity contribution < 1.29 is 24.2 Å². The smallest absolute Gasteiger partial charge is 0.407 e. The number of carboxylic acid groups (broad SMARTS) is 1. The molecule has 0 bridgehead atoms. The molecule has 0 radical (unpaired) electrons. The number of rotatable bonds is 7. The van der Waals surface area contributed by atoms with Gasteiger partial charge in [0.1, 0.15) is 13.2 Å². The molecule has 2 atom stereocenters. The standard InChI is InChI=1S/C27H30N2O5/c30-25(31)15-29(19-12-13-19)26(32)17-6-5-7-18(14-17)28-27(33)34-16-24-22-10-3-1-8-20(22)21-9-2-4-11-23(21)24/h1-4,8-11,17-19,24H,5-7,12-16H2,(H,28,33)(H,30,31)/t17-,18+/m0/s1. The van der Waals surface area contributed by atoms with Gasteiger partial charge < -0.3 is 20.1 Å². The van der Waals surface area contributed by atoms with E-state index in [1.54, 1.807) is 0 Å². The van der Waals surface area contributed by atoms with Gasteiger partial charge >= 0.3 is 12.1 Å². The first-order valence-corrected chi connectivity index (χ1v) is 12.1. The monoisotopic (exact) mass is 462 g/mol. The normalized spacial score (nSPS) is 21.3. The highest BCUT2D eigenvalue weighted by Crippen LogP contribution is 2.44. The van der Waals surface area contributed by atoms with Crippen molar-refractivity contribution in [1.29, 1.82) is 0 Å². The summed E-state index contributed by atoms with van der Waals surface area (Å²) in [6, 6.07) is 16.3. The Kier molecular flexibility index (Phi) is 6.26. The topological polar surface area (TPSA) is 95.9 Å². The van der Waals surface area contributed by atoms with Crippen molar-refractivity contribution in [2.24, 2.45) is 5.92 Å². The number of hydrogen-bond donors (Lipinski definition) is 2. The second-order valence-corrected chi connectivity index (χ2v) is 9.62. The summed E-state index contributed by atoms with van der Waals surface area (Å²) in [6.45, 7) is 0.00742. The van der Waals surface area contributed by atoms with Crippen LogP contribution in [0.4, 0.5) is 4.79 Å². The molecule has 2 fully saturated rings. The van der Waals surface area contributed by atoms with Crippen LogP contribution in [0.5, 0.6) is 0 Å². The average molecular weight is 463 g/mol. The van der Waals surface area contributed by atoms with Crippen LogP contribution in [0.25, 0.3) is 11.1 Å². The van der Waals surface area contributed by atoms with Crippen molar-refractivity contribution in [3.8, 4) is 11.1 Å². The van der Waals surface area contributed by atoms with E-state index in [-0.39, 0.29) is 43.0 Å². The quantitative estimate of drug-likeness (QED) is 0.644. The minimum absolute atomic E-state index is 0.00181. The molecule has 34 heavy (non-hydrogen) atoms. The van der Waals surface area contributed by atoms with E-state index < -0.39 is 12.1 Å². The number of carbonyl (C=O) groups excluding carboxylic acids is 2. The fourth-order valence-corrected chi connectivity index (χ4v) is 5.51. The molecule has 2 aromatic carbocycles. The van der Waals surface area contributed by atoms with Gasteiger partial charge in [0, 0.05) is 23.9 Å². The number of hydrogen-bond acceptors (Lipinski definition) is 4. The number of benzene rings is 2. The number of carbonyl (C=O) groups is 3. The van der Waals surface area contributed by atoms with Gasteiger partial charge in [0.05, 0.1) is 0 Å². The third-order valence-electron chi connectivity index (χ3n) is 7.27. The minimum atomic E-state index is -0.982. The zero-order valence-electron chi connectivity index (χ0n) is 19.1. The molecule has 0 heterocycles. The first-order chi connectivity index (χ1) is 16.5. The molecule has 2 N–H and O–H groups in total. The molecule has 2 amide bonds. The number of ether oxygens (including phenoxy) is 1. The fourth-order valence-electron chi connectivity index (χ4n) is 5.51. The van der Waals surface area contributed by atoms with Crippen LogP contribution in [-0.2, 0) is 14.3 Å². The summed E-state index contributed by atoms with van der Waals surface area (Å²) in [6.07, 6.45) is 4.12. The van der Waals surface area contributed by atoms with Crippen molar-refractivity contribution in [3.05, 3.63) is 59.7 Å². The Hall–Kier alpha value is -3.35. The Balaban J connectivity index is 1.18. The second kappa shape index (κ2) is 9.49. The summed E-state index contributed by atoms with van der Waals surface area (Å²) >= 11 is 0. The van der Waals surface area contributed by atoms with E-state index in [0.29, 0.717) is 6.42 Å². The molecule has 7 nitrogen and oxygen atoms in total. The first kappa shape index (κ1) is 22.4. The molecule has 0 aromatic heterocycles. The van der Waals surface area contributed by atoms with E-state index >= 15 is 0 Å². The highest BCUT2D eigenvalue weighted by atomic mass is 16.5. The van der Waals surface area contributed by atoms with Crippen LogP contribution < -0.4 is 5.32 Å². The van der Waals surface area contributed by atoms with E-state index in [2.05, 4.69) is 29.6 Å². The van der Waals surface area contributed by atoms with Crippen LogP contribution in [0.2, 0.25) is 0 Å². The van der Waals surface area contributed by atoms with Crippen LogP contribution in [-0.4, -0.2) is 53.2 Å². The number of amides is 2. The number of nitrogens with zero attached hydrogens (tertiary/aromatic N) is 1. The van der Waals surface area contributed by atoms with Gasteiger partial charge in [-0.3, -0.25) is 9.59 Å². The minimum Gasteiger partial charge on any atom is -0.480 e. The second-order valence-electron chi connectivity index (χ2n) is 9.62. The van der Waals surface area contributed by atoms with E-state index in [0.717, 1.165) is 32.1 Å². The van der Waals surface area contributed by atoms with E-state index in [1.807, 2.05) is 24.3 Å².